The third kappa shape index (κ3) is 2.07. The normalized spacial score (nSPS) is 20.4. The van der Waals surface area contributed by atoms with Gasteiger partial charge >= 0.3 is 6.09 Å². The fourth-order valence-electron chi connectivity index (χ4n) is 1.85. The smallest absolute Gasteiger partial charge is 0.414 e. The molecule has 1 aliphatic rings. The number of carbonyl (C=O) groups excluding carboxylic acids is 1. The number of rotatable bonds is 2. The molecular formula is C12H14BrNO2. The van der Waals surface area contributed by atoms with E-state index in [9.17, 15) is 4.79 Å². The second-order valence-corrected chi connectivity index (χ2v) is 5.15. The van der Waals surface area contributed by atoms with E-state index in [4.69, 9.17) is 4.74 Å². The average Bonchev–Trinajstić information content (AvgIpc) is 2.60. The SMILES string of the molecule is CC(C)C1COC(=O)N1c1cccc(Br)c1. The van der Waals surface area contributed by atoms with Gasteiger partial charge in [-0.1, -0.05) is 35.8 Å². The number of halogens is 1. The van der Waals surface area contributed by atoms with Crippen LogP contribution >= 0.6 is 15.9 Å². The number of hydrogen-bond donors (Lipinski definition) is 0. The van der Waals surface area contributed by atoms with Gasteiger partial charge in [-0.25, -0.2) is 4.79 Å². The highest BCUT2D eigenvalue weighted by atomic mass is 79.9. The number of benzene rings is 1. The summed E-state index contributed by atoms with van der Waals surface area (Å²) in [7, 11) is 0. The molecule has 0 saturated carbocycles. The van der Waals surface area contributed by atoms with Gasteiger partial charge in [0.05, 0.1) is 6.04 Å². The van der Waals surface area contributed by atoms with Crippen LogP contribution in [-0.4, -0.2) is 18.7 Å². The molecule has 0 spiro atoms. The molecule has 86 valence electrons. The van der Waals surface area contributed by atoms with Crippen molar-refractivity contribution in [3.8, 4) is 0 Å². The maximum absolute atomic E-state index is 11.7. The number of hydrogen-bond acceptors (Lipinski definition) is 2. The number of carbonyl (C=O) groups is 1. The maximum atomic E-state index is 11.7. The van der Waals surface area contributed by atoms with E-state index in [-0.39, 0.29) is 12.1 Å². The molecule has 0 radical (unpaired) electrons. The zero-order chi connectivity index (χ0) is 11.7. The van der Waals surface area contributed by atoms with E-state index in [2.05, 4.69) is 29.8 Å². The molecule has 2 rings (SSSR count). The van der Waals surface area contributed by atoms with Gasteiger partial charge in [-0.05, 0) is 24.1 Å². The molecule has 1 heterocycles. The van der Waals surface area contributed by atoms with Crippen molar-refractivity contribution in [3.63, 3.8) is 0 Å². The second-order valence-electron chi connectivity index (χ2n) is 4.24. The van der Waals surface area contributed by atoms with Crippen LogP contribution in [0.15, 0.2) is 28.7 Å². The molecule has 4 heteroatoms. The molecule has 16 heavy (non-hydrogen) atoms. The molecular weight excluding hydrogens is 270 g/mol. The van der Waals surface area contributed by atoms with E-state index in [0.29, 0.717) is 12.5 Å². The number of nitrogens with zero attached hydrogens (tertiary/aromatic N) is 1. The van der Waals surface area contributed by atoms with Crippen LogP contribution in [-0.2, 0) is 4.74 Å². The fourth-order valence-corrected chi connectivity index (χ4v) is 2.24. The molecule has 0 N–H and O–H groups in total. The first-order valence-electron chi connectivity index (χ1n) is 5.31. The zero-order valence-electron chi connectivity index (χ0n) is 9.31. The van der Waals surface area contributed by atoms with Crippen molar-refractivity contribution in [1.29, 1.82) is 0 Å². The summed E-state index contributed by atoms with van der Waals surface area (Å²) in [6, 6.07) is 7.84. The van der Waals surface area contributed by atoms with Gasteiger partial charge in [0.2, 0.25) is 0 Å². The minimum absolute atomic E-state index is 0.127. The van der Waals surface area contributed by atoms with Gasteiger partial charge in [0.1, 0.15) is 6.61 Å². The highest BCUT2D eigenvalue weighted by molar-refractivity contribution is 9.10. The average molecular weight is 284 g/mol. The summed E-state index contributed by atoms with van der Waals surface area (Å²) in [4.78, 5) is 13.4. The number of anilines is 1. The largest absolute Gasteiger partial charge is 0.447 e. The van der Waals surface area contributed by atoms with Crippen LogP contribution in [0, 0.1) is 5.92 Å². The molecule has 1 fully saturated rings. The van der Waals surface area contributed by atoms with Gasteiger partial charge in [-0.2, -0.15) is 0 Å². The van der Waals surface area contributed by atoms with Crippen LogP contribution < -0.4 is 4.90 Å². The van der Waals surface area contributed by atoms with Crippen molar-refractivity contribution in [2.24, 2.45) is 5.92 Å². The Labute approximate surface area is 104 Å². The van der Waals surface area contributed by atoms with Gasteiger partial charge in [0.15, 0.2) is 0 Å². The summed E-state index contributed by atoms with van der Waals surface area (Å²) < 4.78 is 6.07. The monoisotopic (exact) mass is 283 g/mol. The zero-order valence-corrected chi connectivity index (χ0v) is 10.9. The van der Waals surface area contributed by atoms with Crippen LogP contribution in [0.3, 0.4) is 0 Å². The van der Waals surface area contributed by atoms with Crippen molar-refractivity contribution in [3.05, 3.63) is 28.7 Å². The lowest BCUT2D eigenvalue weighted by Crippen LogP contribution is -2.37. The van der Waals surface area contributed by atoms with Crippen LogP contribution in [0.1, 0.15) is 13.8 Å². The predicted octanol–water partition coefficient (Wildman–Crippen LogP) is 3.43. The number of ether oxygens (including phenoxy) is 1. The molecule has 1 atom stereocenters. The Balaban J connectivity index is 2.33. The quantitative estimate of drug-likeness (QED) is 0.832. The number of amides is 1. The predicted molar refractivity (Wildman–Crippen MR) is 66.6 cm³/mol. The van der Waals surface area contributed by atoms with Crippen LogP contribution in [0.5, 0.6) is 0 Å². The van der Waals surface area contributed by atoms with E-state index >= 15 is 0 Å². The van der Waals surface area contributed by atoms with Crippen molar-refractivity contribution < 1.29 is 9.53 Å². The molecule has 1 saturated heterocycles. The van der Waals surface area contributed by atoms with E-state index < -0.39 is 0 Å². The molecule has 1 aliphatic heterocycles. The molecule has 1 amide bonds. The molecule has 0 bridgehead atoms. The lowest BCUT2D eigenvalue weighted by Gasteiger charge is -2.24. The van der Waals surface area contributed by atoms with Crippen LogP contribution in [0.2, 0.25) is 0 Å². The van der Waals surface area contributed by atoms with Gasteiger partial charge < -0.3 is 4.74 Å². The van der Waals surface area contributed by atoms with Gasteiger partial charge in [-0.15, -0.1) is 0 Å². The van der Waals surface area contributed by atoms with Crippen molar-refractivity contribution in [2.45, 2.75) is 19.9 Å². The first kappa shape index (κ1) is 11.5. The summed E-state index contributed by atoms with van der Waals surface area (Å²) >= 11 is 3.41. The molecule has 1 aromatic carbocycles. The minimum atomic E-state index is -0.253. The highest BCUT2D eigenvalue weighted by Gasteiger charge is 2.35. The van der Waals surface area contributed by atoms with Crippen LogP contribution in [0.4, 0.5) is 10.5 Å². The molecule has 0 aromatic heterocycles. The van der Waals surface area contributed by atoms with E-state index in [1.807, 2.05) is 24.3 Å². The second kappa shape index (κ2) is 4.45. The van der Waals surface area contributed by atoms with Gasteiger partial charge in [0.25, 0.3) is 0 Å². The fraction of sp³-hybridized carbons (Fsp3) is 0.417. The van der Waals surface area contributed by atoms with E-state index in [1.165, 1.54) is 0 Å². The molecule has 3 nitrogen and oxygen atoms in total. The third-order valence-electron chi connectivity index (χ3n) is 2.76. The van der Waals surface area contributed by atoms with Gasteiger partial charge in [0, 0.05) is 10.2 Å². The Hall–Kier alpha value is -1.03. The highest BCUT2D eigenvalue weighted by Crippen LogP contribution is 2.28. The summed E-state index contributed by atoms with van der Waals surface area (Å²) in [5.41, 5.74) is 0.885. The Kier molecular flexibility index (Phi) is 3.19. The summed E-state index contributed by atoms with van der Waals surface area (Å²) in [5.74, 6) is 0.380. The maximum Gasteiger partial charge on any atom is 0.414 e. The van der Waals surface area contributed by atoms with Crippen LogP contribution in [0.25, 0.3) is 0 Å². The Morgan fingerprint density at radius 3 is 2.88 bits per heavy atom. The van der Waals surface area contributed by atoms with Crippen molar-refractivity contribution >= 4 is 27.7 Å². The van der Waals surface area contributed by atoms with E-state index in [1.54, 1.807) is 4.90 Å². The number of cyclic esters (lactones) is 1. The first-order valence-corrected chi connectivity index (χ1v) is 6.10. The summed E-state index contributed by atoms with van der Waals surface area (Å²) in [6.07, 6.45) is -0.253. The minimum Gasteiger partial charge on any atom is -0.447 e. The lowest BCUT2D eigenvalue weighted by atomic mass is 10.0. The standard InChI is InChI=1S/C12H14BrNO2/c1-8(2)11-7-16-12(15)14(11)10-5-3-4-9(13)6-10/h3-6,8,11H,7H2,1-2H3. The third-order valence-corrected chi connectivity index (χ3v) is 3.26. The first-order chi connectivity index (χ1) is 7.59. The van der Waals surface area contributed by atoms with Crippen molar-refractivity contribution in [1.82, 2.24) is 0 Å². The Morgan fingerprint density at radius 2 is 2.25 bits per heavy atom. The Morgan fingerprint density at radius 1 is 1.50 bits per heavy atom. The van der Waals surface area contributed by atoms with Crippen molar-refractivity contribution in [2.75, 3.05) is 11.5 Å². The molecule has 1 aromatic rings. The molecule has 1 unspecified atom stereocenters. The molecule has 0 aliphatic carbocycles. The topological polar surface area (TPSA) is 29.5 Å². The lowest BCUT2D eigenvalue weighted by molar-refractivity contribution is 0.177. The summed E-state index contributed by atoms with van der Waals surface area (Å²) in [5, 5.41) is 0. The Bertz CT molecular complexity index is 406. The van der Waals surface area contributed by atoms with E-state index in [0.717, 1.165) is 10.2 Å². The van der Waals surface area contributed by atoms with Gasteiger partial charge in [-0.3, -0.25) is 4.90 Å². The summed E-state index contributed by atoms with van der Waals surface area (Å²) in [6.45, 7) is 4.66.